The number of aliphatic hydroxyl groups is 3. The van der Waals surface area contributed by atoms with Gasteiger partial charge < -0.3 is 39.0 Å². The highest BCUT2D eigenvalue weighted by Crippen LogP contribution is 2.74. The summed E-state index contributed by atoms with van der Waals surface area (Å²) in [5, 5.41) is 34.5. The van der Waals surface area contributed by atoms with Crippen molar-refractivity contribution in [2.45, 2.75) is 86.9 Å². The third-order valence-corrected chi connectivity index (χ3v) is 10.6. The van der Waals surface area contributed by atoms with E-state index in [1.165, 1.54) is 6.92 Å². The van der Waals surface area contributed by atoms with Crippen molar-refractivity contribution in [2.75, 3.05) is 6.61 Å². The van der Waals surface area contributed by atoms with Gasteiger partial charge in [0, 0.05) is 36.2 Å². The molecule has 3 heterocycles. The van der Waals surface area contributed by atoms with Gasteiger partial charge in [0.05, 0.1) is 12.2 Å². The summed E-state index contributed by atoms with van der Waals surface area (Å²) in [6.45, 7) is 10.2. The first-order valence-corrected chi connectivity index (χ1v) is 13.6. The molecule has 3 aliphatic heterocycles. The Kier molecular flexibility index (Phi) is 4.99. The van der Waals surface area contributed by atoms with E-state index in [4.69, 9.17) is 23.7 Å². The van der Waals surface area contributed by atoms with Crippen LogP contribution in [0, 0.1) is 23.7 Å². The van der Waals surface area contributed by atoms with E-state index in [0.717, 1.165) is 0 Å². The van der Waals surface area contributed by atoms with Crippen molar-refractivity contribution in [3.05, 3.63) is 48.0 Å². The number of benzene rings is 1. The van der Waals surface area contributed by atoms with Crippen molar-refractivity contribution >= 4 is 11.8 Å². The highest BCUT2D eigenvalue weighted by atomic mass is 16.9. The molecule has 7 rings (SSSR count). The molecule has 1 unspecified atom stereocenters. The summed E-state index contributed by atoms with van der Waals surface area (Å²) in [4.78, 5) is 26.2. The van der Waals surface area contributed by atoms with E-state index in [-0.39, 0.29) is 6.42 Å². The molecule has 0 aromatic heterocycles. The van der Waals surface area contributed by atoms with E-state index in [2.05, 4.69) is 6.58 Å². The molecule has 3 saturated heterocycles. The number of Topliss-reactive ketones (excluding diaryl/α,β-unsaturated/α-hetero) is 1. The van der Waals surface area contributed by atoms with Crippen molar-refractivity contribution in [3.8, 4) is 0 Å². The number of esters is 1. The first-order chi connectivity index (χ1) is 18.4. The van der Waals surface area contributed by atoms with Crippen molar-refractivity contribution in [1.82, 2.24) is 0 Å². The molecular formula is C29H34O10. The lowest BCUT2D eigenvalue weighted by Gasteiger charge is -2.61. The van der Waals surface area contributed by atoms with Crippen LogP contribution >= 0.6 is 0 Å². The van der Waals surface area contributed by atoms with Gasteiger partial charge in [0.15, 0.2) is 17.0 Å². The predicted molar refractivity (Wildman–Crippen MR) is 132 cm³/mol. The summed E-state index contributed by atoms with van der Waals surface area (Å²) in [6, 6.07) is 9.06. The molecule has 6 aliphatic rings. The number of rotatable bonds is 4. The van der Waals surface area contributed by atoms with E-state index < -0.39 is 94.8 Å². The molecule has 1 aromatic carbocycles. The maximum Gasteiger partial charge on any atom is 0.314 e. The number of fused-ring (bicyclic) bond motifs is 3. The van der Waals surface area contributed by atoms with Gasteiger partial charge in [0.1, 0.15) is 30.0 Å². The van der Waals surface area contributed by atoms with Gasteiger partial charge in [-0.05, 0) is 18.9 Å². The first-order valence-electron chi connectivity index (χ1n) is 13.6. The van der Waals surface area contributed by atoms with E-state index in [0.29, 0.717) is 11.1 Å². The zero-order valence-electron chi connectivity index (χ0n) is 22.3. The topological polar surface area (TPSA) is 144 Å². The van der Waals surface area contributed by atoms with Crippen LogP contribution in [-0.4, -0.2) is 80.5 Å². The second-order valence-electron chi connectivity index (χ2n) is 12.4. The SMILES string of the molecule is C=C(C)[C@]12OC3(c4ccccc4)O[C@H]1[C@H]1[C@H]4O[C@@]4(CO)[C@H](O)[C@@]4(O)C(=O)[C@H](C)C[C@@H]4[C@]1(O3)[C@@H](C)[C@@H]2OC(C)=O. The van der Waals surface area contributed by atoms with E-state index >= 15 is 0 Å². The number of hydrogen-bond donors (Lipinski definition) is 3. The highest BCUT2D eigenvalue weighted by molar-refractivity contribution is 5.93. The summed E-state index contributed by atoms with van der Waals surface area (Å²) in [5.41, 5.74) is -5.63. The van der Waals surface area contributed by atoms with Crippen molar-refractivity contribution in [1.29, 1.82) is 0 Å². The third kappa shape index (κ3) is 2.63. The smallest absolute Gasteiger partial charge is 0.314 e. The van der Waals surface area contributed by atoms with Gasteiger partial charge in [0.2, 0.25) is 0 Å². The van der Waals surface area contributed by atoms with Crippen LogP contribution in [0.5, 0.6) is 0 Å². The van der Waals surface area contributed by atoms with Crippen LogP contribution in [0.1, 0.15) is 39.7 Å². The number of ether oxygens (including phenoxy) is 5. The van der Waals surface area contributed by atoms with Gasteiger partial charge >= 0.3 is 11.9 Å². The molecule has 0 spiro atoms. The Morgan fingerprint density at radius 1 is 1.13 bits per heavy atom. The van der Waals surface area contributed by atoms with Crippen LogP contribution in [-0.2, 0) is 39.2 Å². The van der Waals surface area contributed by atoms with Gasteiger partial charge in [-0.15, -0.1) is 0 Å². The molecule has 1 aromatic rings. The molecular weight excluding hydrogens is 508 g/mol. The standard InChI is InChI=1S/C29H34O10/c1-13(2)27-21(35-16(5)31)15(4)28-18-11-14(3)20(32)26(18,34)24(33)25(12-30)22(36-25)19(28)23(27)37-29(38-27,39-28)17-9-7-6-8-10-17/h6-10,14-15,18-19,21-24,30,33-34H,1,11-12H2,2-5H3/t14-,15+,18+,19-,21+,22-,23+,24+,25-,26+,27-,28-,29?/m1/s1. The Balaban J connectivity index is 1.55. The van der Waals surface area contributed by atoms with Crippen LogP contribution in [0.2, 0.25) is 0 Å². The molecule has 10 nitrogen and oxygen atoms in total. The average Bonchev–Trinajstić information content (AvgIpc) is 3.53. The molecule has 6 fully saturated rings. The zero-order valence-corrected chi connectivity index (χ0v) is 22.3. The fourth-order valence-corrected chi connectivity index (χ4v) is 8.94. The normalized spacial score (nSPS) is 54.4. The number of epoxide rings is 1. The average molecular weight is 543 g/mol. The Morgan fingerprint density at radius 3 is 2.44 bits per heavy atom. The van der Waals surface area contributed by atoms with Crippen LogP contribution < -0.4 is 0 Å². The largest absolute Gasteiger partial charge is 0.459 e. The van der Waals surface area contributed by atoms with Crippen LogP contribution in [0.15, 0.2) is 42.5 Å². The van der Waals surface area contributed by atoms with Gasteiger partial charge in [-0.3, -0.25) is 9.59 Å². The van der Waals surface area contributed by atoms with E-state index in [1.54, 1.807) is 26.0 Å². The predicted octanol–water partition coefficient (Wildman–Crippen LogP) is 0.954. The fraction of sp³-hybridized carbons (Fsp3) is 0.655. The second-order valence-corrected chi connectivity index (χ2v) is 12.4. The highest BCUT2D eigenvalue weighted by Gasteiger charge is 2.91. The maximum atomic E-state index is 13.7. The monoisotopic (exact) mass is 542 g/mol. The van der Waals surface area contributed by atoms with E-state index in [9.17, 15) is 24.9 Å². The molecule has 3 saturated carbocycles. The lowest BCUT2D eigenvalue weighted by Crippen LogP contribution is -2.76. The van der Waals surface area contributed by atoms with Gasteiger partial charge in [-0.1, -0.05) is 50.8 Å². The minimum atomic E-state index is -2.29. The quantitative estimate of drug-likeness (QED) is 0.286. The summed E-state index contributed by atoms with van der Waals surface area (Å²) in [5.74, 6) is -5.81. The molecule has 3 N–H and O–H groups in total. The van der Waals surface area contributed by atoms with Crippen molar-refractivity contribution in [2.24, 2.45) is 23.7 Å². The van der Waals surface area contributed by atoms with E-state index in [1.807, 2.05) is 25.1 Å². The fourth-order valence-electron chi connectivity index (χ4n) is 8.94. The molecule has 3 aliphatic carbocycles. The Hall–Kier alpha value is -2.18. The number of carbonyl (C=O) groups excluding carboxylic acids is 2. The molecule has 10 heteroatoms. The molecule has 39 heavy (non-hydrogen) atoms. The number of carbonyl (C=O) groups is 2. The third-order valence-electron chi connectivity index (χ3n) is 10.6. The Morgan fingerprint density at radius 2 is 1.82 bits per heavy atom. The van der Waals surface area contributed by atoms with Crippen LogP contribution in [0.4, 0.5) is 0 Å². The van der Waals surface area contributed by atoms with Gasteiger partial charge in [-0.25, -0.2) is 0 Å². The molecule has 3 bridgehead atoms. The summed E-state index contributed by atoms with van der Waals surface area (Å²) in [6.07, 6.45) is -4.18. The lowest BCUT2D eigenvalue weighted by atomic mass is 9.52. The molecule has 13 atom stereocenters. The molecule has 210 valence electrons. The summed E-state index contributed by atoms with van der Waals surface area (Å²) < 4.78 is 32.7. The molecule has 0 amide bonds. The van der Waals surface area contributed by atoms with Crippen molar-refractivity contribution in [3.63, 3.8) is 0 Å². The van der Waals surface area contributed by atoms with Crippen molar-refractivity contribution < 1.29 is 48.6 Å². The van der Waals surface area contributed by atoms with Crippen LogP contribution in [0.25, 0.3) is 0 Å². The first kappa shape index (κ1) is 25.8. The number of ketones is 1. The maximum absolute atomic E-state index is 13.7. The second kappa shape index (κ2) is 7.55. The minimum absolute atomic E-state index is 0.200. The Bertz CT molecular complexity index is 1280. The van der Waals surface area contributed by atoms with Gasteiger partial charge in [0.25, 0.3) is 0 Å². The van der Waals surface area contributed by atoms with Crippen LogP contribution in [0.3, 0.4) is 0 Å². The minimum Gasteiger partial charge on any atom is -0.459 e. The van der Waals surface area contributed by atoms with Gasteiger partial charge in [-0.2, -0.15) is 0 Å². The Labute approximate surface area is 225 Å². The zero-order chi connectivity index (χ0) is 27.9. The lowest BCUT2D eigenvalue weighted by molar-refractivity contribution is -0.443. The molecule has 0 radical (unpaired) electrons. The number of aliphatic hydroxyl groups excluding tert-OH is 2. The summed E-state index contributed by atoms with van der Waals surface area (Å²) >= 11 is 0. The summed E-state index contributed by atoms with van der Waals surface area (Å²) in [7, 11) is 0. The number of hydrogen-bond acceptors (Lipinski definition) is 10.